The number of carbonyl (C=O) groups is 1. The minimum absolute atomic E-state index is 0.0673. The molecule has 3 aliphatic rings. The second-order valence-corrected chi connectivity index (χ2v) is 7.75. The summed E-state index contributed by atoms with van der Waals surface area (Å²) in [5.74, 6) is 2.20. The van der Waals surface area contributed by atoms with E-state index in [0.29, 0.717) is 29.2 Å². The van der Waals surface area contributed by atoms with Crippen LogP contribution in [0.15, 0.2) is 24.3 Å². The summed E-state index contributed by atoms with van der Waals surface area (Å²) >= 11 is 6.43. The largest absolute Gasteiger partial charge is 0.466 e. The zero-order valence-corrected chi connectivity index (χ0v) is 15.9. The summed E-state index contributed by atoms with van der Waals surface area (Å²) < 4.78 is 16.2. The average molecular weight is 378 g/mol. The zero-order valence-electron chi connectivity index (χ0n) is 15.1. The van der Waals surface area contributed by atoms with E-state index < -0.39 is 0 Å². The maximum atomic E-state index is 12.5. The average Bonchev–Trinajstić information content (AvgIpc) is 3.21. The number of likely N-dealkylation sites (tertiary alicyclic amines) is 1. The van der Waals surface area contributed by atoms with Gasteiger partial charge in [0, 0.05) is 30.7 Å². The lowest BCUT2D eigenvalue weighted by Gasteiger charge is -2.32. The molecule has 0 bridgehead atoms. The van der Waals surface area contributed by atoms with Crippen LogP contribution in [-0.4, -0.2) is 37.4 Å². The molecule has 2 heterocycles. The number of nitrogens with zero attached hydrogens (tertiary/aromatic N) is 1. The number of fused-ring (bicyclic) bond motifs is 2. The molecule has 4 rings (SSSR count). The molecule has 4 atom stereocenters. The number of allylic oxidation sites excluding steroid dienone is 1. The fourth-order valence-electron chi connectivity index (χ4n) is 4.43. The number of hydrogen-bond donors (Lipinski definition) is 0. The van der Waals surface area contributed by atoms with Gasteiger partial charge in [-0.15, -0.1) is 0 Å². The van der Waals surface area contributed by atoms with E-state index in [1.54, 1.807) is 0 Å². The van der Waals surface area contributed by atoms with Crippen LogP contribution in [-0.2, 0) is 16.1 Å². The van der Waals surface area contributed by atoms with Gasteiger partial charge in [-0.2, -0.15) is 0 Å². The predicted molar refractivity (Wildman–Crippen MR) is 98.3 cm³/mol. The summed E-state index contributed by atoms with van der Waals surface area (Å²) in [6, 6.07) is 3.79. The summed E-state index contributed by atoms with van der Waals surface area (Å²) in [4.78, 5) is 14.8. The minimum Gasteiger partial charge on any atom is -0.466 e. The molecule has 2 aliphatic heterocycles. The van der Waals surface area contributed by atoms with Gasteiger partial charge < -0.3 is 14.2 Å². The van der Waals surface area contributed by atoms with Crippen LogP contribution in [0.4, 0.5) is 0 Å². The van der Waals surface area contributed by atoms with Gasteiger partial charge in [0.15, 0.2) is 11.5 Å². The highest BCUT2D eigenvalue weighted by Gasteiger charge is 2.44. The molecule has 5 nitrogen and oxygen atoms in total. The molecule has 0 aromatic heterocycles. The van der Waals surface area contributed by atoms with Crippen molar-refractivity contribution in [3.63, 3.8) is 0 Å². The molecule has 0 spiro atoms. The van der Waals surface area contributed by atoms with E-state index in [1.807, 2.05) is 19.1 Å². The molecule has 1 fully saturated rings. The molecular weight excluding hydrogens is 354 g/mol. The topological polar surface area (TPSA) is 48.0 Å². The van der Waals surface area contributed by atoms with Crippen molar-refractivity contribution in [2.24, 2.45) is 23.7 Å². The zero-order chi connectivity index (χ0) is 18.3. The first-order valence-electron chi connectivity index (χ1n) is 9.22. The quantitative estimate of drug-likeness (QED) is 0.593. The van der Waals surface area contributed by atoms with Crippen LogP contribution < -0.4 is 9.47 Å². The van der Waals surface area contributed by atoms with E-state index in [0.717, 1.165) is 30.9 Å². The molecule has 0 amide bonds. The van der Waals surface area contributed by atoms with Gasteiger partial charge in [-0.05, 0) is 36.3 Å². The highest BCUT2D eigenvalue weighted by molar-refractivity contribution is 6.31. The smallest absolute Gasteiger partial charge is 0.309 e. The van der Waals surface area contributed by atoms with Gasteiger partial charge in [0.2, 0.25) is 6.79 Å². The van der Waals surface area contributed by atoms with Gasteiger partial charge in [0.05, 0.1) is 12.5 Å². The fourth-order valence-corrected chi connectivity index (χ4v) is 4.64. The molecule has 0 N–H and O–H groups in total. The number of benzene rings is 1. The van der Waals surface area contributed by atoms with E-state index in [2.05, 4.69) is 24.0 Å². The normalized spacial score (nSPS) is 29.7. The molecule has 1 aromatic carbocycles. The Hall–Kier alpha value is -1.72. The van der Waals surface area contributed by atoms with Gasteiger partial charge in [0.1, 0.15) is 0 Å². The Labute approximate surface area is 158 Å². The molecule has 0 unspecified atom stereocenters. The Morgan fingerprint density at radius 2 is 2.04 bits per heavy atom. The van der Waals surface area contributed by atoms with Gasteiger partial charge in [-0.25, -0.2) is 0 Å². The lowest BCUT2D eigenvalue weighted by molar-refractivity contribution is -0.152. The first kappa shape index (κ1) is 17.7. The summed E-state index contributed by atoms with van der Waals surface area (Å²) in [6.07, 6.45) is 4.44. The Balaban J connectivity index is 1.50. The third kappa shape index (κ3) is 3.19. The number of carbonyl (C=O) groups excluding carboxylic acids is 1. The molecule has 6 heteroatoms. The first-order chi connectivity index (χ1) is 12.6. The molecular formula is C20H24ClNO4. The molecule has 1 saturated heterocycles. The SMILES string of the molecule is CCOC(=O)[C@H]1[C@@H]2CN(Cc3cc4c(cc3Cl)OCO4)C[C@@H]2C=C[C@@H]1C. The lowest BCUT2D eigenvalue weighted by Crippen LogP contribution is -2.37. The van der Waals surface area contributed by atoms with Crippen molar-refractivity contribution >= 4 is 17.6 Å². The van der Waals surface area contributed by atoms with Crippen LogP contribution in [0.25, 0.3) is 0 Å². The van der Waals surface area contributed by atoms with E-state index in [9.17, 15) is 4.79 Å². The van der Waals surface area contributed by atoms with E-state index in [4.69, 9.17) is 25.8 Å². The Bertz CT molecular complexity index is 735. The number of halogens is 1. The van der Waals surface area contributed by atoms with Gasteiger partial charge >= 0.3 is 5.97 Å². The maximum Gasteiger partial charge on any atom is 0.309 e. The molecule has 1 aliphatic carbocycles. The standard InChI is InChI=1S/C20H24ClNO4/c1-3-24-20(23)19-12(2)4-5-13-8-22(10-15(13)19)9-14-6-17-18(7-16(14)21)26-11-25-17/h4-7,12-13,15,19H,3,8-11H2,1-2H3/t12-,13-,15+,19+/m0/s1. The van der Waals surface area contributed by atoms with Crippen LogP contribution in [0.3, 0.4) is 0 Å². The van der Waals surface area contributed by atoms with Crippen molar-refractivity contribution in [2.45, 2.75) is 20.4 Å². The van der Waals surface area contributed by atoms with Crippen molar-refractivity contribution in [1.29, 1.82) is 0 Å². The fraction of sp³-hybridized carbons (Fsp3) is 0.550. The number of hydrogen-bond acceptors (Lipinski definition) is 5. The first-order valence-corrected chi connectivity index (χ1v) is 9.60. The van der Waals surface area contributed by atoms with Crippen LogP contribution in [0.2, 0.25) is 5.02 Å². The monoisotopic (exact) mass is 377 g/mol. The van der Waals surface area contributed by atoms with E-state index >= 15 is 0 Å². The molecule has 1 aromatic rings. The van der Waals surface area contributed by atoms with Gasteiger partial charge in [-0.1, -0.05) is 30.7 Å². The third-order valence-corrected chi connectivity index (χ3v) is 6.02. The second-order valence-electron chi connectivity index (χ2n) is 7.34. The van der Waals surface area contributed by atoms with Crippen molar-refractivity contribution in [3.05, 3.63) is 34.9 Å². The maximum absolute atomic E-state index is 12.5. The van der Waals surface area contributed by atoms with Gasteiger partial charge in [-0.3, -0.25) is 9.69 Å². The summed E-state index contributed by atoms with van der Waals surface area (Å²) in [5.41, 5.74) is 1.03. The number of rotatable bonds is 4. The van der Waals surface area contributed by atoms with E-state index in [1.165, 1.54) is 0 Å². The Morgan fingerprint density at radius 3 is 2.81 bits per heavy atom. The van der Waals surface area contributed by atoms with Crippen molar-refractivity contribution in [3.8, 4) is 11.5 Å². The number of esters is 1. The lowest BCUT2D eigenvalue weighted by atomic mass is 9.72. The highest BCUT2D eigenvalue weighted by Crippen LogP contribution is 2.42. The number of ether oxygens (including phenoxy) is 3. The predicted octanol–water partition coefficient (Wildman–Crippen LogP) is 3.50. The highest BCUT2D eigenvalue weighted by atomic mass is 35.5. The van der Waals surface area contributed by atoms with Crippen molar-refractivity contribution in [2.75, 3.05) is 26.5 Å². The molecule has 0 radical (unpaired) electrons. The van der Waals surface area contributed by atoms with Gasteiger partial charge in [0.25, 0.3) is 0 Å². The summed E-state index contributed by atoms with van der Waals surface area (Å²) in [6.45, 7) is 7.17. The molecule has 26 heavy (non-hydrogen) atoms. The summed E-state index contributed by atoms with van der Waals surface area (Å²) in [7, 11) is 0. The van der Waals surface area contributed by atoms with Crippen molar-refractivity contribution in [1.82, 2.24) is 4.90 Å². The third-order valence-electron chi connectivity index (χ3n) is 5.67. The Kier molecular flexibility index (Phi) is 4.84. The molecule has 0 saturated carbocycles. The second kappa shape index (κ2) is 7.12. The van der Waals surface area contributed by atoms with Crippen LogP contribution in [0, 0.1) is 23.7 Å². The van der Waals surface area contributed by atoms with E-state index in [-0.39, 0.29) is 24.6 Å². The molecule has 140 valence electrons. The van der Waals surface area contributed by atoms with Crippen LogP contribution in [0.5, 0.6) is 11.5 Å². The Morgan fingerprint density at radius 1 is 1.27 bits per heavy atom. The van der Waals surface area contributed by atoms with Crippen LogP contribution in [0.1, 0.15) is 19.4 Å². The van der Waals surface area contributed by atoms with Crippen LogP contribution >= 0.6 is 11.6 Å². The van der Waals surface area contributed by atoms with Crippen molar-refractivity contribution < 1.29 is 19.0 Å². The minimum atomic E-state index is -0.0674. The summed E-state index contributed by atoms with van der Waals surface area (Å²) in [5, 5.41) is 0.690.